The Hall–Kier alpha value is -0.630. The lowest BCUT2D eigenvalue weighted by atomic mass is 10.1. The molecule has 0 atom stereocenters. The summed E-state index contributed by atoms with van der Waals surface area (Å²) in [4.78, 5) is 1.33. The van der Waals surface area contributed by atoms with E-state index in [9.17, 15) is 0 Å². The number of benzene rings is 1. The summed E-state index contributed by atoms with van der Waals surface area (Å²) in [7, 11) is 0. The summed E-state index contributed by atoms with van der Waals surface area (Å²) in [6.45, 7) is 3.39. The second-order valence-electron chi connectivity index (χ2n) is 5.84. The van der Waals surface area contributed by atoms with Crippen LogP contribution in [0.3, 0.4) is 0 Å². The van der Waals surface area contributed by atoms with Crippen LogP contribution in [0.5, 0.6) is 0 Å². The third-order valence-corrected chi connectivity index (χ3v) is 4.69. The topological polar surface area (TPSA) is 12.0 Å². The fraction of sp³-hybridized carbons (Fsp3) is 0.684. The van der Waals surface area contributed by atoms with Crippen molar-refractivity contribution in [3.05, 3.63) is 24.3 Å². The van der Waals surface area contributed by atoms with Crippen molar-refractivity contribution < 1.29 is 0 Å². The van der Waals surface area contributed by atoms with Gasteiger partial charge in [-0.2, -0.15) is 0 Å². The summed E-state index contributed by atoms with van der Waals surface area (Å²) in [5.74, 6) is 0. The Kier molecular flexibility index (Phi) is 11.5. The van der Waals surface area contributed by atoms with Gasteiger partial charge in [-0.15, -0.1) is 11.8 Å². The second-order valence-corrected chi connectivity index (χ2v) is 6.72. The second kappa shape index (κ2) is 13.1. The van der Waals surface area contributed by atoms with Crippen molar-refractivity contribution in [1.29, 1.82) is 0 Å². The molecule has 0 unspecified atom stereocenters. The molecular formula is C19H33NS. The first-order valence-electron chi connectivity index (χ1n) is 8.74. The van der Waals surface area contributed by atoms with Gasteiger partial charge in [0.25, 0.3) is 0 Å². The van der Waals surface area contributed by atoms with Crippen LogP contribution in [0.1, 0.15) is 71.1 Å². The molecule has 0 bridgehead atoms. The van der Waals surface area contributed by atoms with Gasteiger partial charge in [0.05, 0.1) is 0 Å². The summed E-state index contributed by atoms with van der Waals surface area (Å²) in [6, 6.07) is 8.74. The standard InChI is InChI=1S/C19H33NS/c1-3-4-5-6-7-8-9-10-11-12-17-20-18-13-15-19(21-2)16-14-18/h13-16,20H,3-12,17H2,1-2H3. The molecule has 0 fully saturated rings. The molecular weight excluding hydrogens is 274 g/mol. The van der Waals surface area contributed by atoms with Gasteiger partial charge < -0.3 is 5.32 Å². The van der Waals surface area contributed by atoms with E-state index < -0.39 is 0 Å². The van der Waals surface area contributed by atoms with Gasteiger partial charge >= 0.3 is 0 Å². The zero-order valence-corrected chi connectivity index (χ0v) is 14.8. The van der Waals surface area contributed by atoms with E-state index in [2.05, 4.69) is 42.8 Å². The molecule has 0 aliphatic carbocycles. The summed E-state index contributed by atoms with van der Waals surface area (Å²) in [6.07, 6.45) is 16.1. The molecule has 0 spiro atoms. The molecule has 1 rings (SSSR count). The van der Waals surface area contributed by atoms with Gasteiger partial charge in [-0.05, 0) is 36.9 Å². The highest BCUT2D eigenvalue weighted by molar-refractivity contribution is 7.98. The van der Waals surface area contributed by atoms with E-state index >= 15 is 0 Å². The van der Waals surface area contributed by atoms with Gasteiger partial charge in [-0.1, -0.05) is 64.7 Å². The Morgan fingerprint density at radius 3 is 1.81 bits per heavy atom. The van der Waals surface area contributed by atoms with Crippen LogP contribution in [0.25, 0.3) is 0 Å². The van der Waals surface area contributed by atoms with Crippen LogP contribution in [-0.2, 0) is 0 Å². The highest BCUT2D eigenvalue weighted by Gasteiger charge is 1.94. The largest absolute Gasteiger partial charge is 0.385 e. The number of unbranched alkanes of at least 4 members (excludes halogenated alkanes) is 9. The highest BCUT2D eigenvalue weighted by Crippen LogP contribution is 2.17. The molecule has 1 N–H and O–H groups in total. The smallest absolute Gasteiger partial charge is 0.0340 e. The highest BCUT2D eigenvalue weighted by atomic mass is 32.2. The molecule has 0 aromatic heterocycles. The van der Waals surface area contributed by atoms with Gasteiger partial charge in [0.1, 0.15) is 0 Å². The monoisotopic (exact) mass is 307 g/mol. The molecule has 1 aromatic rings. The minimum atomic E-state index is 1.11. The summed E-state index contributed by atoms with van der Waals surface area (Å²) in [5.41, 5.74) is 1.25. The molecule has 0 heterocycles. The van der Waals surface area contributed by atoms with E-state index in [1.54, 1.807) is 11.8 Å². The van der Waals surface area contributed by atoms with Crippen LogP contribution in [-0.4, -0.2) is 12.8 Å². The van der Waals surface area contributed by atoms with Crippen LogP contribution >= 0.6 is 11.8 Å². The molecule has 2 heteroatoms. The van der Waals surface area contributed by atoms with E-state index in [0.29, 0.717) is 0 Å². The lowest BCUT2D eigenvalue weighted by Gasteiger charge is -2.07. The van der Waals surface area contributed by atoms with E-state index in [1.807, 2.05) is 0 Å². The molecule has 0 aliphatic rings. The third-order valence-electron chi connectivity index (χ3n) is 3.95. The molecule has 21 heavy (non-hydrogen) atoms. The van der Waals surface area contributed by atoms with Crippen molar-refractivity contribution in [3.63, 3.8) is 0 Å². The van der Waals surface area contributed by atoms with Crippen molar-refractivity contribution in [1.82, 2.24) is 0 Å². The number of anilines is 1. The van der Waals surface area contributed by atoms with Crippen molar-refractivity contribution in [2.24, 2.45) is 0 Å². The number of thioether (sulfide) groups is 1. The van der Waals surface area contributed by atoms with Gasteiger partial charge in [0.15, 0.2) is 0 Å². The summed E-state index contributed by atoms with van der Waals surface area (Å²) in [5, 5.41) is 3.51. The quantitative estimate of drug-likeness (QED) is 0.320. The lowest BCUT2D eigenvalue weighted by Crippen LogP contribution is -2.01. The Labute approximate surface area is 136 Å². The van der Waals surface area contributed by atoms with Crippen LogP contribution in [0.4, 0.5) is 5.69 Å². The first-order chi connectivity index (χ1) is 10.4. The average molecular weight is 308 g/mol. The molecule has 0 saturated carbocycles. The Morgan fingerprint density at radius 2 is 1.29 bits per heavy atom. The Bertz CT molecular complexity index is 334. The van der Waals surface area contributed by atoms with Crippen molar-refractivity contribution >= 4 is 17.4 Å². The van der Waals surface area contributed by atoms with E-state index in [1.165, 1.54) is 74.8 Å². The van der Waals surface area contributed by atoms with Crippen LogP contribution in [0.2, 0.25) is 0 Å². The van der Waals surface area contributed by atoms with Gasteiger partial charge in [-0.25, -0.2) is 0 Å². The summed E-state index contributed by atoms with van der Waals surface area (Å²) >= 11 is 1.80. The normalized spacial score (nSPS) is 10.8. The minimum Gasteiger partial charge on any atom is -0.385 e. The van der Waals surface area contributed by atoms with Gasteiger partial charge in [-0.3, -0.25) is 0 Å². The van der Waals surface area contributed by atoms with Gasteiger partial charge in [0, 0.05) is 17.1 Å². The Morgan fingerprint density at radius 1 is 0.762 bits per heavy atom. The lowest BCUT2D eigenvalue weighted by molar-refractivity contribution is 0.560. The van der Waals surface area contributed by atoms with Crippen molar-refractivity contribution in [2.45, 2.75) is 76.0 Å². The maximum atomic E-state index is 3.51. The van der Waals surface area contributed by atoms with E-state index in [4.69, 9.17) is 0 Å². The molecule has 120 valence electrons. The average Bonchev–Trinajstić information content (AvgIpc) is 2.53. The van der Waals surface area contributed by atoms with Gasteiger partial charge in [0.2, 0.25) is 0 Å². The Balaban J connectivity index is 1.88. The molecule has 0 amide bonds. The van der Waals surface area contributed by atoms with Crippen LogP contribution < -0.4 is 5.32 Å². The molecule has 1 nitrogen and oxygen atoms in total. The van der Waals surface area contributed by atoms with E-state index in [-0.39, 0.29) is 0 Å². The third kappa shape index (κ3) is 9.84. The van der Waals surface area contributed by atoms with Crippen molar-refractivity contribution in [2.75, 3.05) is 18.1 Å². The number of nitrogens with one attached hydrogen (secondary N) is 1. The van der Waals surface area contributed by atoms with Crippen LogP contribution in [0, 0.1) is 0 Å². The zero-order chi connectivity index (χ0) is 15.2. The predicted octanol–water partition coefficient (Wildman–Crippen LogP) is 6.74. The van der Waals surface area contributed by atoms with Crippen LogP contribution in [0.15, 0.2) is 29.2 Å². The number of hydrogen-bond donors (Lipinski definition) is 1. The molecule has 1 aromatic carbocycles. The SMILES string of the molecule is CCCCCCCCCCCCNc1ccc(SC)cc1. The zero-order valence-electron chi connectivity index (χ0n) is 14.0. The molecule has 0 radical (unpaired) electrons. The first kappa shape index (κ1) is 18.4. The molecule has 0 aliphatic heterocycles. The summed E-state index contributed by atoms with van der Waals surface area (Å²) < 4.78 is 0. The fourth-order valence-corrected chi connectivity index (χ4v) is 2.96. The minimum absolute atomic E-state index is 1.11. The predicted molar refractivity (Wildman–Crippen MR) is 98.6 cm³/mol. The molecule has 0 saturated heterocycles. The first-order valence-corrected chi connectivity index (χ1v) is 9.97. The van der Waals surface area contributed by atoms with E-state index in [0.717, 1.165) is 6.54 Å². The number of rotatable bonds is 13. The maximum absolute atomic E-state index is 3.51. The number of hydrogen-bond acceptors (Lipinski definition) is 2. The fourth-order valence-electron chi connectivity index (χ4n) is 2.55. The maximum Gasteiger partial charge on any atom is 0.0340 e. The van der Waals surface area contributed by atoms with Crippen molar-refractivity contribution in [3.8, 4) is 0 Å².